The Hall–Kier alpha value is -4.00. The number of carbonyl (C=O) groups is 2. The molecule has 2 heterocycles. The molecule has 1 saturated carbocycles. The number of furan rings is 1. The van der Waals surface area contributed by atoms with Crippen LogP contribution in [0.2, 0.25) is 0 Å². The van der Waals surface area contributed by atoms with Crippen molar-refractivity contribution in [2.75, 3.05) is 34.8 Å². The molecule has 7 heteroatoms. The number of nitrogens with one attached hydrogen (secondary N) is 2. The lowest BCUT2D eigenvalue weighted by atomic mass is 9.80. The summed E-state index contributed by atoms with van der Waals surface area (Å²) in [6.07, 6.45) is 8.33. The van der Waals surface area contributed by atoms with Crippen LogP contribution in [0, 0.1) is 0 Å². The van der Waals surface area contributed by atoms with Gasteiger partial charge in [-0.2, -0.15) is 0 Å². The molecule has 3 aromatic rings. The number of para-hydroxylation sites is 2. The number of rotatable bonds is 8. The van der Waals surface area contributed by atoms with Gasteiger partial charge in [-0.25, -0.2) is 0 Å². The molecule has 42 heavy (non-hydrogen) atoms. The maximum atomic E-state index is 14.2. The largest absolute Gasteiger partial charge is 0.469 e. The molecule has 2 atom stereocenters. The average molecular weight is 567 g/mol. The van der Waals surface area contributed by atoms with E-state index in [1.54, 1.807) is 6.26 Å². The molecule has 3 aliphatic rings. The molecular formula is C35H42N4O3. The van der Waals surface area contributed by atoms with Gasteiger partial charge in [0.05, 0.1) is 30.2 Å². The summed E-state index contributed by atoms with van der Waals surface area (Å²) in [5, 5.41) is 6.97. The number of nitrogens with zero attached hydrogens (tertiary/aromatic N) is 2. The smallest absolute Gasteiger partial charge is 0.239 e. The van der Waals surface area contributed by atoms with E-state index in [1.807, 2.05) is 30.3 Å². The predicted octanol–water partition coefficient (Wildman–Crippen LogP) is 6.95. The van der Waals surface area contributed by atoms with Crippen LogP contribution in [0.3, 0.4) is 0 Å². The second kappa shape index (κ2) is 12.5. The summed E-state index contributed by atoms with van der Waals surface area (Å²) in [6, 6.07) is 20.3. The van der Waals surface area contributed by atoms with Crippen molar-refractivity contribution >= 4 is 28.8 Å². The number of fused-ring (bicyclic) bond motifs is 1. The molecule has 0 saturated heterocycles. The van der Waals surface area contributed by atoms with Gasteiger partial charge in [0.25, 0.3) is 0 Å². The summed E-state index contributed by atoms with van der Waals surface area (Å²) in [5.74, 6) is 0.895. The van der Waals surface area contributed by atoms with Gasteiger partial charge in [-0.05, 0) is 75.1 Å². The molecule has 1 aliphatic heterocycles. The van der Waals surface area contributed by atoms with Crippen LogP contribution in [-0.4, -0.2) is 37.4 Å². The van der Waals surface area contributed by atoms with E-state index in [0.29, 0.717) is 12.8 Å². The van der Waals surface area contributed by atoms with Gasteiger partial charge in [0.2, 0.25) is 5.91 Å². The molecule has 2 N–H and O–H groups in total. The van der Waals surface area contributed by atoms with E-state index in [-0.39, 0.29) is 30.2 Å². The molecule has 6 rings (SSSR count). The molecule has 0 unspecified atom stereocenters. The van der Waals surface area contributed by atoms with Gasteiger partial charge >= 0.3 is 0 Å². The predicted molar refractivity (Wildman–Crippen MR) is 168 cm³/mol. The van der Waals surface area contributed by atoms with E-state index >= 15 is 0 Å². The number of carbonyl (C=O) groups excluding carboxylic acids is 2. The fraction of sp³-hybridized carbons (Fsp3) is 0.429. The van der Waals surface area contributed by atoms with Gasteiger partial charge in [-0.15, -0.1) is 0 Å². The van der Waals surface area contributed by atoms with Crippen molar-refractivity contribution < 1.29 is 14.0 Å². The Labute approximate surface area is 249 Å². The summed E-state index contributed by atoms with van der Waals surface area (Å²) in [7, 11) is 0. The number of benzene rings is 2. The molecule has 1 aromatic heterocycles. The molecule has 1 amide bonds. The van der Waals surface area contributed by atoms with Crippen LogP contribution >= 0.6 is 0 Å². The highest BCUT2D eigenvalue weighted by Crippen LogP contribution is 2.47. The Kier molecular flexibility index (Phi) is 8.36. The molecular weight excluding hydrogens is 524 g/mol. The maximum Gasteiger partial charge on any atom is 0.239 e. The minimum Gasteiger partial charge on any atom is -0.469 e. The van der Waals surface area contributed by atoms with Gasteiger partial charge < -0.3 is 24.9 Å². The van der Waals surface area contributed by atoms with E-state index < -0.39 is 6.04 Å². The Bertz CT molecular complexity index is 1420. The Balaban J connectivity index is 1.43. The van der Waals surface area contributed by atoms with Gasteiger partial charge in [0.1, 0.15) is 5.76 Å². The van der Waals surface area contributed by atoms with Crippen LogP contribution in [-0.2, 0) is 9.59 Å². The van der Waals surface area contributed by atoms with Crippen molar-refractivity contribution in [2.45, 2.75) is 76.8 Å². The first-order chi connectivity index (χ1) is 20.6. The number of anilines is 3. The average Bonchev–Trinajstić information content (AvgIpc) is 3.51. The van der Waals surface area contributed by atoms with Gasteiger partial charge in [-0.3, -0.25) is 9.59 Å². The van der Waals surface area contributed by atoms with Gasteiger partial charge in [0.15, 0.2) is 5.78 Å². The van der Waals surface area contributed by atoms with Crippen molar-refractivity contribution in [1.82, 2.24) is 5.32 Å². The third-order valence-electron chi connectivity index (χ3n) is 9.16. The first kappa shape index (κ1) is 28.1. The zero-order chi connectivity index (χ0) is 29.1. The fourth-order valence-corrected chi connectivity index (χ4v) is 7.03. The van der Waals surface area contributed by atoms with Crippen LogP contribution in [0.15, 0.2) is 82.6 Å². The van der Waals surface area contributed by atoms with Gasteiger partial charge in [0, 0.05) is 48.4 Å². The molecule has 0 radical (unpaired) electrons. The topological polar surface area (TPSA) is 77.8 Å². The SMILES string of the molecule is CCN(CC)c1ccc([C@H]2C3=C(C[C@H](c4ccco4)CC3=O)Nc3ccccc3N2CC(=O)NC2CCCCC2)cc1. The van der Waals surface area contributed by atoms with Crippen molar-refractivity contribution in [2.24, 2.45) is 0 Å². The number of Topliss-reactive ketones (excluding diaryl/α,β-unsaturated/α-hetero) is 1. The van der Waals surface area contributed by atoms with Crippen LogP contribution in [0.5, 0.6) is 0 Å². The van der Waals surface area contributed by atoms with Crippen molar-refractivity contribution in [3.8, 4) is 0 Å². The maximum absolute atomic E-state index is 14.2. The number of hydrogen-bond donors (Lipinski definition) is 2. The van der Waals surface area contributed by atoms with Crippen LogP contribution < -0.4 is 20.4 Å². The second-order valence-electron chi connectivity index (χ2n) is 11.8. The monoisotopic (exact) mass is 566 g/mol. The van der Waals surface area contributed by atoms with Crippen LogP contribution in [0.4, 0.5) is 17.1 Å². The molecule has 1 fully saturated rings. The van der Waals surface area contributed by atoms with Crippen molar-refractivity contribution in [1.29, 1.82) is 0 Å². The molecule has 0 bridgehead atoms. The third kappa shape index (κ3) is 5.69. The number of allylic oxidation sites excluding steroid dienone is 1. The quantitative estimate of drug-likeness (QED) is 0.307. The highest BCUT2D eigenvalue weighted by atomic mass is 16.3. The zero-order valence-electron chi connectivity index (χ0n) is 24.8. The molecule has 2 aromatic carbocycles. The minimum atomic E-state index is -0.399. The number of hydrogen-bond acceptors (Lipinski definition) is 6. The lowest BCUT2D eigenvalue weighted by Crippen LogP contribution is -2.45. The summed E-state index contributed by atoms with van der Waals surface area (Å²) in [5.41, 5.74) is 5.64. The standard InChI is InChI=1S/C35H42N4O3/c1-3-38(4-2)27-18-16-24(17-19-27)35-34-29(21-25(22-31(34)40)32-15-10-20-42-32)37-28-13-8-9-14-30(28)39(35)23-33(41)36-26-11-6-5-7-12-26/h8-10,13-20,25-26,35,37H,3-7,11-12,21-23H2,1-2H3,(H,36,41)/t25-,35-/m0/s1. The van der Waals surface area contributed by atoms with E-state index in [4.69, 9.17) is 4.42 Å². The summed E-state index contributed by atoms with van der Waals surface area (Å²) >= 11 is 0. The summed E-state index contributed by atoms with van der Waals surface area (Å²) < 4.78 is 5.75. The first-order valence-corrected chi connectivity index (χ1v) is 15.6. The first-order valence-electron chi connectivity index (χ1n) is 15.6. The van der Waals surface area contributed by atoms with E-state index in [1.165, 1.54) is 6.42 Å². The molecule has 220 valence electrons. The van der Waals surface area contributed by atoms with Gasteiger partial charge in [-0.1, -0.05) is 43.5 Å². The molecule has 0 spiro atoms. The Morgan fingerprint density at radius 2 is 1.74 bits per heavy atom. The normalized spacial score (nSPS) is 20.8. The minimum absolute atomic E-state index is 0.00207. The lowest BCUT2D eigenvalue weighted by molar-refractivity contribution is -0.121. The highest BCUT2D eigenvalue weighted by molar-refractivity contribution is 6.02. The summed E-state index contributed by atoms with van der Waals surface area (Å²) in [4.78, 5) is 32.3. The van der Waals surface area contributed by atoms with E-state index in [0.717, 1.165) is 78.4 Å². The van der Waals surface area contributed by atoms with E-state index in [2.05, 4.69) is 64.6 Å². The number of amides is 1. The second-order valence-corrected chi connectivity index (χ2v) is 11.8. The third-order valence-corrected chi connectivity index (χ3v) is 9.16. The lowest BCUT2D eigenvalue weighted by Gasteiger charge is -2.36. The van der Waals surface area contributed by atoms with Crippen LogP contribution in [0.25, 0.3) is 0 Å². The van der Waals surface area contributed by atoms with E-state index in [9.17, 15) is 9.59 Å². The Morgan fingerprint density at radius 3 is 2.45 bits per heavy atom. The highest BCUT2D eigenvalue weighted by Gasteiger charge is 2.40. The molecule has 2 aliphatic carbocycles. The Morgan fingerprint density at radius 1 is 0.976 bits per heavy atom. The van der Waals surface area contributed by atoms with Crippen molar-refractivity contribution in [3.63, 3.8) is 0 Å². The zero-order valence-corrected chi connectivity index (χ0v) is 24.8. The van der Waals surface area contributed by atoms with Crippen LogP contribution in [0.1, 0.15) is 82.1 Å². The molecule has 7 nitrogen and oxygen atoms in total. The summed E-state index contributed by atoms with van der Waals surface area (Å²) in [6.45, 7) is 6.33. The van der Waals surface area contributed by atoms with Crippen molar-refractivity contribution in [3.05, 3.63) is 89.5 Å². The number of ketones is 1. The fourth-order valence-electron chi connectivity index (χ4n) is 7.03.